The van der Waals surface area contributed by atoms with E-state index in [0.717, 1.165) is 39.3 Å². The van der Waals surface area contributed by atoms with E-state index in [-0.39, 0.29) is 18.4 Å². The number of pyridine rings is 1. The maximum Gasteiger partial charge on any atom is 0.243 e. The van der Waals surface area contributed by atoms with Crippen molar-refractivity contribution in [2.45, 2.75) is 32.0 Å². The third kappa shape index (κ3) is 5.48. The Balaban J connectivity index is 1.34. The molecule has 1 aromatic carbocycles. The molecule has 9 heteroatoms. The zero-order valence-corrected chi connectivity index (χ0v) is 20.0. The molecular weight excluding hydrogens is 486 g/mol. The number of nitrogens with zero attached hydrogens (tertiary/aromatic N) is 3. The van der Waals surface area contributed by atoms with E-state index in [2.05, 4.69) is 31.2 Å². The number of rotatable bonds is 8. The maximum absolute atomic E-state index is 13.0. The predicted molar refractivity (Wildman–Crippen MR) is 129 cm³/mol. The smallest absolute Gasteiger partial charge is 0.243 e. The Morgan fingerprint density at radius 3 is 2.97 bits per heavy atom. The van der Waals surface area contributed by atoms with Gasteiger partial charge >= 0.3 is 0 Å². The molecule has 172 valence electrons. The highest BCUT2D eigenvalue weighted by atomic mass is 79.9. The van der Waals surface area contributed by atoms with Gasteiger partial charge in [-0.2, -0.15) is 0 Å². The molecule has 33 heavy (non-hydrogen) atoms. The number of nitrogens with one attached hydrogen (secondary N) is 2. The average Bonchev–Trinajstić information content (AvgIpc) is 3.44. The van der Waals surface area contributed by atoms with Crippen molar-refractivity contribution in [2.24, 2.45) is 0 Å². The van der Waals surface area contributed by atoms with Gasteiger partial charge in [-0.15, -0.1) is 0 Å². The van der Waals surface area contributed by atoms with Gasteiger partial charge in [-0.25, -0.2) is 0 Å². The fraction of sp³-hybridized carbons (Fsp3) is 0.333. The second kappa shape index (κ2) is 10.3. The molecule has 1 unspecified atom stereocenters. The molecule has 8 nitrogen and oxygen atoms in total. The lowest BCUT2D eigenvalue weighted by Crippen LogP contribution is -2.48. The quantitative estimate of drug-likeness (QED) is 0.453. The number of halogens is 1. The van der Waals surface area contributed by atoms with Crippen LogP contribution in [-0.2, 0) is 22.7 Å². The maximum atomic E-state index is 13.0. The highest BCUT2D eigenvalue weighted by Gasteiger charge is 2.34. The number of carbonyl (C=O) groups excluding carboxylic acids is 3. The molecule has 3 aromatic rings. The summed E-state index contributed by atoms with van der Waals surface area (Å²) in [5.74, 6) is -0.231. The predicted octanol–water partition coefficient (Wildman–Crippen LogP) is 2.88. The first-order valence-electron chi connectivity index (χ1n) is 10.9. The van der Waals surface area contributed by atoms with E-state index in [0.29, 0.717) is 31.6 Å². The number of likely N-dealkylation sites (N-methyl/N-ethyl adjacent to an activating group) is 1. The monoisotopic (exact) mass is 511 g/mol. The second-order valence-electron chi connectivity index (χ2n) is 8.35. The third-order valence-corrected chi connectivity index (χ3v) is 6.38. The minimum absolute atomic E-state index is 0.0884. The topological polar surface area (TPSA) is 98.4 Å². The summed E-state index contributed by atoms with van der Waals surface area (Å²) in [5.41, 5.74) is 3.31. The molecular formula is C24H26BrN5O3. The van der Waals surface area contributed by atoms with E-state index in [1.165, 1.54) is 0 Å². The van der Waals surface area contributed by atoms with Crippen molar-refractivity contribution < 1.29 is 14.4 Å². The Morgan fingerprint density at radius 2 is 2.18 bits per heavy atom. The lowest BCUT2D eigenvalue weighted by molar-refractivity contribution is -0.139. The number of H-pyrrole nitrogens is 1. The van der Waals surface area contributed by atoms with Crippen LogP contribution >= 0.6 is 15.9 Å². The van der Waals surface area contributed by atoms with Gasteiger partial charge < -0.3 is 15.2 Å². The van der Waals surface area contributed by atoms with E-state index >= 15 is 0 Å². The van der Waals surface area contributed by atoms with Crippen LogP contribution in [0.4, 0.5) is 0 Å². The summed E-state index contributed by atoms with van der Waals surface area (Å²) in [6.45, 7) is 1.56. The van der Waals surface area contributed by atoms with Gasteiger partial charge in [-0.05, 0) is 49.7 Å². The molecule has 1 saturated heterocycles. The number of hydrogen-bond acceptors (Lipinski definition) is 5. The molecule has 2 aromatic heterocycles. The summed E-state index contributed by atoms with van der Waals surface area (Å²) in [7, 11) is 1.84. The molecule has 1 aliphatic heterocycles. The summed E-state index contributed by atoms with van der Waals surface area (Å²) in [6.07, 6.45) is 5.77. The molecule has 2 amide bonds. The normalized spacial score (nSPS) is 15.8. The van der Waals surface area contributed by atoms with Crippen LogP contribution in [0, 0.1) is 0 Å². The molecule has 0 spiro atoms. The second-order valence-corrected chi connectivity index (χ2v) is 9.27. The SMILES string of the molecule is CN(CC(=O)N1CCCC1C(=O)NCc1cc2cnccc2[nH]1)Cc1cc(Br)ccc1C=O. The Kier molecular flexibility index (Phi) is 7.20. The van der Waals surface area contributed by atoms with Crippen LogP contribution in [0.15, 0.2) is 47.2 Å². The third-order valence-electron chi connectivity index (χ3n) is 5.88. The molecule has 1 fully saturated rings. The first-order valence-corrected chi connectivity index (χ1v) is 11.6. The van der Waals surface area contributed by atoms with Crippen molar-refractivity contribution in [3.05, 3.63) is 64.0 Å². The van der Waals surface area contributed by atoms with Gasteiger partial charge in [-0.1, -0.05) is 22.0 Å². The Morgan fingerprint density at radius 1 is 1.33 bits per heavy atom. The molecule has 1 aliphatic rings. The molecule has 0 radical (unpaired) electrons. The number of amides is 2. The number of likely N-dealkylation sites (tertiary alicyclic amines) is 1. The van der Waals surface area contributed by atoms with Gasteiger partial charge in [0, 0.05) is 52.1 Å². The molecule has 3 heterocycles. The molecule has 0 saturated carbocycles. The summed E-state index contributed by atoms with van der Waals surface area (Å²) >= 11 is 3.43. The van der Waals surface area contributed by atoms with Gasteiger partial charge in [0.25, 0.3) is 0 Å². The lowest BCUT2D eigenvalue weighted by atomic mass is 10.1. The number of fused-ring (bicyclic) bond motifs is 1. The standard InChI is InChI=1S/C24H26BrN5O3/c1-29(13-18-9-19(25)5-4-16(18)15-31)14-23(32)30-8-2-3-22(30)24(33)27-12-20-10-17-11-26-7-6-21(17)28-20/h4-7,9-11,15,22,28H,2-3,8,12-14H2,1H3,(H,27,33). The van der Waals surface area contributed by atoms with Gasteiger partial charge in [0.1, 0.15) is 12.3 Å². The van der Waals surface area contributed by atoms with E-state index in [1.54, 1.807) is 23.4 Å². The molecule has 4 rings (SSSR count). The highest BCUT2D eigenvalue weighted by molar-refractivity contribution is 9.10. The van der Waals surface area contributed by atoms with Gasteiger partial charge in [-0.3, -0.25) is 24.3 Å². The molecule has 0 aliphatic carbocycles. The van der Waals surface area contributed by atoms with Crippen molar-refractivity contribution in [1.82, 2.24) is 25.1 Å². The van der Waals surface area contributed by atoms with Gasteiger partial charge in [0.05, 0.1) is 13.1 Å². The minimum Gasteiger partial charge on any atom is -0.357 e. The van der Waals surface area contributed by atoms with Gasteiger partial charge in [0.15, 0.2) is 0 Å². The number of aromatic amines is 1. The number of aldehydes is 1. The summed E-state index contributed by atoms with van der Waals surface area (Å²) in [4.78, 5) is 48.1. The average molecular weight is 512 g/mol. The van der Waals surface area contributed by atoms with Crippen LogP contribution < -0.4 is 5.32 Å². The zero-order chi connectivity index (χ0) is 23.4. The van der Waals surface area contributed by atoms with Crippen LogP contribution in [0.5, 0.6) is 0 Å². The number of carbonyl (C=O) groups is 3. The van der Waals surface area contributed by atoms with Crippen LogP contribution in [0.25, 0.3) is 10.9 Å². The van der Waals surface area contributed by atoms with Crippen molar-refractivity contribution in [3.63, 3.8) is 0 Å². The highest BCUT2D eigenvalue weighted by Crippen LogP contribution is 2.20. The van der Waals surface area contributed by atoms with Crippen molar-refractivity contribution in [1.29, 1.82) is 0 Å². The fourth-order valence-corrected chi connectivity index (χ4v) is 4.67. The Labute approximate surface area is 200 Å². The van der Waals surface area contributed by atoms with E-state index in [4.69, 9.17) is 0 Å². The van der Waals surface area contributed by atoms with Crippen LogP contribution in [0.2, 0.25) is 0 Å². The van der Waals surface area contributed by atoms with Crippen molar-refractivity contribution >= 4 is 44.9 Å². The van der Waals surface area contributed by atoms with Gasteiger partial charge in [0.2, 0.25) is 11.8 Å². The molecule has 1 atom stereocenters. The van der Waals surface area contributed by atoms with Crippen molar-refractivity contribution in [2.75, 3.05) is 20.1 Å². The minimum atomic E-state index is -0.464. The van der Waals surface area contributed by atoms with E-state index in [1.807, 2.05) is 36.2 Å². The molecule has 2 N–H and O–H groups in total. The summed E-state index contributed by atoms with van der Waals surface area (Å²) < 4.78 is 0.880. The summed E-state index contributed by atoms with van der Waals surface area (Å²) in [6, 6.07) is 8.85. The first kappa shape index (κ1) is 23.1. The Bertz CT molecular complexity index is 1140. The van der Waals surface area contributed by atoms with E-state index < -0.39 is 6.04 Å². The summed E-state index contributed by atoms with van der Waals surface area (Å²) in [5, 5.41) is 3.95. The van der Waals surface area contributed by atoms with Crippen LogP contribution in [-0.4, -0.2) is 64.0 Å². The van der Waals surface area contributed by atoms with Crippen LogP contribution in [0.3, 0.4) is 0 Å². The van der Waals surface area contributed by atoms with Crippen molar-refractivity contribution in [3.8, 4) is 0 Å². The van der Waals surface area contributed by atoms with E-state index in [9.17, 15) is 14.4 Å². The van der Waals surface area contributed by atoms with Crippen LogP contribution in [0.1, 0.15) is 34.5 Å². The first-order chi connectivity index (χ1) is 15.9. The number of hydrogen-bond donors (Lipinski definition) is 2. The zero-order valence-electron chi connectivity index (χ0n) is 18.4. The number of aromatic nitrogens is 2. The largest absolute Gasteiger partial charge is 0.357 e. The molecule has 0 bridgehead atoms. The number of benzene rings is 1. The fourth-order valence-electron chi connectivity index (χ4n) is 4.26. The lowest BCUT2D eigenvalue weighted by Gasteiger charge is -2.26. The Hall–Kier alpha value is -3.04.